The number of hydrogen-bond donors (Lipinski definition) is 2. The van der Waals surface area contributed by atoms with Crippen molar-refractivity contribution in [3.05, 3.63) is 46.3 Å². The molecule has 0 unspecified atom stereocenters. The largest absolute Gasteiger partial charge is 0.292 e. The predicted molar refractivity (Wildman–Crippen MR) is 63.5 cm³/mol. The van der Waals surface area contributed by atoms with Crippen molar-refractivity contribution >= 4 is 15.7 Å². The maximum Gasteiger partial charge on any atom is 0.292 e. The fraction of sp³-hybridized carbons (Fsp3) is 0.111. The topological polar surface area (TPSA) is 131 Å². The highest BCUT2D eigenvalue weighted by molar-refractivity contribution is 7.89. The zero-order valence-electron chi connectivity index (χ0n) is 9.78. The Kier molecular flexibility index (Phi) is 3.72. The van der Waals surface area contributed by atoms with Gasteiger partial charge in [0.15, 0.2) is 4.90 Å². The molecule has 106 valence electrons. The number of nitrogens with zero attached hydrogens (tertiary/aromatic N) is 3. The summed E-state index contributed by atoms with van der Waals surface area (Å²) in [5, 5.41) is 16.7. The highest BCUT2D eigenvalue weighted by Gasteiger charge is 2.26. The SMILES string of the molecule is O=[N+]([O-])c1cc(F)ccc1S(=O)(=O)NCc1ncn[nH]1. The van der Waals surface area contributed by atoms with Gasteiger partial charge < -0.3 is 0 Å². The molecule has 9 nitrogen and oxygen atoms in total. The van der Waals surface area contributed by atoms with Crippen LogP contribution < -0.4 is 4.72 Å². The number of aromatic amines is 1. The number of H-pyrrole nitrogens is 1. The molecule has 1 aromatic carbocycles. The zero-order chi connectivity index (χ0) is 14.8. The Morgan fingerprint density at radius 2 is 2.20 bits per heavy atom. The molecule has 0 fully saturated rings. The van der Waals surface area contributed by atoms with E-state index in [-0.39, 0.29) is 12.4 Å². The number of nitro benzene ring substituents is 1. The molecule has 0 bridgehead atoms. The number of sulfonamides is 1. The van der Waals surface area contributed by atoms with Crippen LogP contribution in [0.2, 0.25) is 0 Å². The molecule has 0 radical (unpaired) electrons. The fourth-order valence-corrected chi connectivity index (χ4v) is 2.56. The summed E-state index contributed by atoms with van der Waals surface area (Å²) < 4.78 is 39.0. The van der Waals surface area contributed by atoms with Crippen LogP contribution in [0.25, 0.3) is 0 Å². The van der Waals surface area contributed by atoms with E-state index >= 15 is 0 Å². The summed E-state index contributed by atoms with van der Waals surface area (Å²) in [4.78, 5) is 12.9. The van der Waals surface area contributed by atoms with Crippen LogP contribution >= 0.6 is 0 Å². The van der Waals surface area contributed by atoms with Crippen molar-refractivity contribution in [3.8, 4) is 0 Å². The van der Waals surface area contributed by atoms with E-state index in [1.165, 1.54) is 6.33 Å². The number of nitrogens with one attached hydrogen (secondary N) is 2. The summed E-state index contributed by atoms with van der Waals surface area (Å²) in [6.45, 7) is -0.225. The van der Waals surface area contributed by atoms with Crippen LogP contribution in [0, 0.1) is 15.9 Å². The molecule has 20 heavy (non-hydrogen) atoms. The number of hydrogen-bond acceptors (Lipinski definition) is 6. The van der Waals surface area contributed by atoms with E-state index in [0.717, 1.165) is 12.1 Å². The van der Waals surface area contributed by atoms with Gasteiger partial charge in [-0.05, 0) is 12.1 Å². The standard InChI is InChI=1S/C9H8FN5O4S/c10-6-1-2-8(7(3-6)15(16)17)20(18,19)13-4-9-11-5-12-14-9/h1-3,5,13H,4H2,(H,11,12,14). The Morgan fingerprint density at radius 3 is 2.80 bits per heavy atom. The van der Waals surface area contributed by atoms with Crippen molar-refractivity contribution < 1.29 is 17.7 Å². The van der Waals surface area contributed by atoms with Gasteiger partial charge in [-0.2, -0.15) is 5.10 Å². The van der Waals surface area contributed by atoms with Gasteiger partial charge in [-0.25, -0.2) is 22.5 Å². The van der Waals surface area contributed by atoms with Crippen molar-refractivity contribution in [2.45, 2.75) is 11.4 Å². The number of halogens is 1. The first kappa shape index (κ1) is 14.0. The fourth-order valence-electron chi connectivity index (χ4n) is 1.42. The Labute approximate surface area is 112 Å². The average molecular weight is 301 g/mol. The summed E-state index contributed by atoms with van der Waals surface area (Å²) in [6.07, 6.45) is 1.18. The molecule has 1 heterocycles. The summed E-state index contributed by atoms with van der Waals surface area (Å²) in [5.41, 5.74) is -0.838. The number of nitro groups is 1. The quantitative estimate of drug-likeness (QED) is 0.604. The van der Waals surface area contributed by atoms with Crippen LogP contribution in [0.4, 0.5) is 10.1 Å². The molecule has 0 spiro atoms. The third-order valence-electron chi connectivity index (χ3n) is 2.30. The second-order valence-corrected chi connectivity index (χ2v) is 5.36. The molecule has 0 aliphatic carbocycles. The highest BCUT2D eigenvalue weighted by atomic mass is 32.2. The van der Waals surface area contributed by atoms with Crippen molar-refractivity contribution in [1.82, 2.24) is 19.9 Å². The first-order valence-corrected chi connectivity index (χ1v) is 6.66. The van der Waals surface area contributed by atoms with Crippen molar-refractivity contribution in [2.24, 2.45) is 0 Å². The van der Waals surface area contributed by atoms with Crippen molar-refractivity contribution in [1.29, 1.82) is 0 Å². The van der Waals surface area contributed by atoms with Crippen LogP contribution in [0.5, 0.6) is 0 Å². The number of rotatable bonds is 5. The maximum absolute atomic E-state index is 13.0. The van der Waals surface area contributed by atoms with Gasteiger partial charge in [0.25, 0.3) is 5.69 Å². The summed E-state index contributed by atoms with van der Waals surface area (Å²) in [5.74, 6) is -0.663. The molecule has 1 aromatic heterocycles. The molecule has 11 heteroatoms. The van der Waals surface area contributed by atoms with Crippen LogP contribution in [-0.2, 0) is 16.6 Å². The van der Waals surface area contributed by atoms with E-state index in [1.54, 1.807) is 0 Å². The third-order valence-corrected chi connectivity index (χ3v) is 3.75. The highest BCUT2D eigenvalue weighted by Crippen LogP contribution is 2.24. The van der Waals surface area contributed by atoms with Gasteiger partial charge in [-0.1, -0.05) is 0 Å². The van der Waals surface area contributed by atoms with Crippen LogP contribution in [0.15, 0.2) is 29.4 Å². The lowest BCUT2D eigenvalue weighted by Crippen LogP contribution is -2.24. The minimum atomic E-state index is -4.17. The third kappa shape index (κ3) is 2.95. The van der Waals surface area contributed by atoms with Crippen molar-refractivity contribution in [3.63, 3.8) is 0 Å². The Bertz CT molecular complexity index is 731. The second kappa shape index (κ2) is 5.30. The Hall–Kier alpha value is -2.40. The van der Waals surface area contributed by atoms with E-state index in [9.17, 15) is 22.9 Å². The molecular formula is C9H8FN5O4S. The van der Waals surface area contributed by atoms with E-state index in [1.807, 2.05) is 0 Å². The van der Waals surface area contributed by atoms with Gasteiger partial charge in [-0.3, -0.25) is 15.2 Å². The molecular weight excluding hydrogens is 293 g/mol. The normalized spacial score (nSPS) is 11.4. The van der Waals surface area contributed by atoms with Gasteiger partial charge in [-0.15, -0.1) is 0 Å². The minimum absolute atomic E-state index is 0.225. The lowest BCUT2D eigenvalue weighted by molar-refractivity contribution is -0.388. The molecule has 2 aromatic rings. The van der Waals surface area contributed by atoms with Gasteiger partial charge >= 0.3 is 0 Å². The average Bonchev–Trinajstić information content (AvgIpc) is 2.89. The second-order valence-electron chi connectivity index (χ2n) is 3.63. The number of aromatic nitrogens is 3. The first-order chi connectivity index (χ1) is 9.40. The molecule has 0 amide bonds. The molecule has 0 atom stereocenters. The molecule has 0 saturated heterocycles. The van der Waals surface area contributed by atoms with Gasteiger partial charge in [0.05, 0.1) is 17.5 Å². The van der Waals surface area contributed by atoms with Gasteiger partial charge in [0, 0.05) is 0 Å². The van der Waals surface area contributed by atoms with Crippen LogP contribution in [-0.4, -0.2) is 28.5 Å². The predicted octanol–water partition coefficient (Wildman–Crippen LogP) is 0.330. The van der Waals surface area contributed by atoms with E-state index < -0.39 is 31.3 Å². The molecule has 0 saturated carbocycles. The summed E-state index contributed by atoms with van der Waals surface area (Å²) in [7, 11) is -4.17. The van der Waals surface area contributed by atoms with E-state index in [4.69, 9.17) is 0 Å². The molecule has 2 N–H and O–H groups in total. The van der Waals surface area contributed by atoms with Crippen LogP contribution in [0.1, 0.15) is 5.82 Å². The maximum atomic E-state index is 13.0. The zero-order valence-corrected chi connectivity index (χ0v) is 10.6. The van der Waals surface area contributed by atoms with Gasteiger partial charge in [0.2, 0.25) is 10.0 Å². The van der Waals surface area contributed by atoms with Crippen molar-refractivity contribution in [2.75, 3.05) is 0 Å². The van der Waals surface area contributed by atoms with Gasteiger partial charge in [0.1, 0.15) is 18.0 Å². The first-order valence-electron chi connectivity index (χ1n) is 5.18. The smallest absolute Gasteiger partial charge is 0.262 e. The number of benzene rings is 1. The monoisotopic (exact) mass is 301 g/mol. The lowest BCUT2D eigenvalue weighted by atomic mass is 10.3. The summed E-state index contributed by atoms with van der Waals surface area (Å²) in [6, 6.07) is 2.20. The van der Waals surface area contributed by atoms with E-state index in [0.29, 0.717) is 6.07 Å². The molecule has 0 aliphatic heterocycles. The lowest BCUT2D eigenvalue weighted by Gasteiger charge is -2.05. The molecule has 0 aliphatic rings. The van der Waals surface area contributed by atoms with Crippen LogP contribution in [0.3, 0.4) is 0 Å². The minimum Gasteiger partial charge on any atom is -0.262 e. The molecule has 2 rings (SSSR count). The van der Waals surface area contributed by atoms with E-state index in [2.05, 4.69) is 19.9 Å². The summed E-state index contributed by atoms with van der Waals surface area (Å²) >= 11 is 0. The Morgan fingerprint density at radius 1 is 1.45 bits per heavy atom. The Balaban J connectivity index is 2.31.